The summed E-state index contributed by atoms with van der Waals surface area (Å²) in [5.41, 5.74) is 7.60. The van der Waals surface area contributed by atoms with E-state index in [0.717, 1.165) is 35.3 Å². The third-order valence-corrected chi connectivity index (χ3v) is 3.87. The maximum Gasteiger partial charge on any atom is 0.271 e. The molecule has 0 unspecified atom stereocenters. The minimum atomic E-state index is -0.170. The lowest BCUT2D eigenvalue weighted by atomic mass is 9.85. The molecule has 0 aromatic heterocycles. The van der Waals surface area contributed by atoms with E-state index in [-0.39, 0.29) is 5.91 Å². The van der Waals surface area contributed by atoms with Crippen LogP contribution in [0.5, 0.6) is 0 Å². The predicted octanol–water partition coefficient (Wildman–Crippen LogP) is 4.01. The molecule has 1 N–H and O–H groups in total. The Morgan fingerprint density at radius 3 is 2.81 bits per heavy atom. The van der Waals surface area contributed by atoms with Gasteiger partial charge in [-0.05, 0) is 57.2 Å². The Morgan fingerprint density at radius 2 is 2.14 bits per heavy atom. The zero-order valence-electron chi connectivity index (χ0n) is 12.9. The lowest BCUT2D eigenvalue weighted by Crippen LogP contribution is -2.23. The van der Waals surface area contributed by atoms with Crippen LogP contribution in [0, 0.1) is 12.8 Å². The van der Waals surface area contributed by atoms with E-state index in [4.69, 9.17) is 0 Å². The standard InChI is InChI=1S/C18H22N2O/c1-12(2)15-9-8-14(4)17(11-15)19-20-18(21)16-7-5-6-13(3)10-16/h5-8,10,15H,1,9,11H2,2-4H3,(H,20,21)/b19-17+/t15-/m0/s1. The molecule has 21 heavy (non-hydrogen) atoms. The molecule has 1 aliphatic rings. The summed E-state index contributed by atoms with van der Waals surface area (Å²) in [7, 11) is 0. The molecule has 0 saturated heterocycles. The highest BCUT2D eigenvalue weighted by atomic mass is 16.2. The van der Waals surface area contributed by atoms with E-state index in [1.807, 2.05) is 39.0 Å². The van der Waals surface area contributed by atoms with Crippen LogP contribution in [0.25, 0.3) is 0 Å². The van der Waals surface area contributed by atoms with E-state index in [9.17, 15) is 4.79 Å². The average Bonchev–Trinajstić information content (AvgIpc) is 2.45. The highest BCUT2D eigenvalue weighted by Gasteiger charge is 2.18. The first-order valence-corrected chi connectivity index (χ1v) is 7.23. The van der Waals surface area contributed by atoms with E-state index in [0.29, 0.717) is 11.5 Å². The number of allylic oxidation sites excluding steroid dienone is 3. The van der Waals surface area contributed by atoms with Crippen molar-refractivity contribution in [3.05, 3.63) is 59.2 Å². The first-order chi connectivity index (χ1) is 9.97. The molecule has 1 atom stereocenters. The second-order valence-corrected chi connectivity index (χ2v) is 5.74. The van der Waals surface area contributed by atoms with Gasteiger partial charge in [-0.1, -0.05) is 35.9 Å². The zero-order valence-corrected chi connectivity index (χ0v) is 12.9. The van der Waals surface area contributed by atoms with E-state index in [1.54, 1.807) is 6.07 Å². The second-order valence-electron chi connectivity index (χ2n) is 5.74. The Morgan fingerprint density at radius 1 is 1.38 bits per heavy atom. The summed E-state index contributed by atoms with van der Waals surface area (Å²) < 4.78 is 0. The number of nitrogens with zero attached hydrogens (tertiary/aromatic N) is 1. The Balaban J connectivity index is 2.09. The molecule has 0 radical (unpaired) electrons. The first-order valence-electron chi connectivity index (χ1n) is 7.23. The molecular formula is C18H22N2O. The Hall–Kier alpha value is -2.16. The fraction of sp³-hybridized carbons (Fsp3) is 0.333. The number of hydrogen-bond acceptors (Lipinski definition) is 2. The van der Waals surface area contributed by atoms with E-state index >= 15 is 0 Å². The quantitative estimate of drug-likeness (QED) is 0.660. The molecule has 0 bridgehead atoms. The largest absolute Gasteiger partial charge is 0.271 e. The summed E-state index contributed by atoms with van der Waals surface area (Å²) in [6, 6.07) is 7.49. The first kappa shape index (κ1) is 15.2. The smallest absolute Gasteiger partial charge is 0.267 e. The van der Waals surface area contributed by atoms with Gasteiger partial charge >= 0.3 is 0 Å². The highest BCUT2D eigenvalue weighted by molar-refractivity contribution is 6.02. The molecule has 1 aromatic carbocycles. The molecule has 3 nitrogen and oxygen atoms in total. The summed E-state index contributed by atoms with van der Waals surface area (Å²) in [6.07, 6.45) is 4.01. The highest BCUT2D eigenvalue weighted by Crippen LogP contribution is 2.26. The number of hydrogen-bond donors (Lipinski definition) is 1. The number of rotatable bonds is 3. The van der Waals surface area contributed by atoms with Crippen LogP contribution in [0.2, 0.25) is 0 Å². The van der Waals surface area contributed by atoms with Crippen LogP contribution in [0.4, 0.5) is 0 Å². The van der Waals surface area contributed by atoms with Crippen molar-refractivity contribution >= 4 is 11.6 Å². The van der Waals surface area contributed by atoms with Crippen molar-refractivity contribution in [3.8, 4) is 0 Å². The minimum Gasteiger partial charge on any atom is -0.267 e. The average molecular weight is 282 g/mol. The number of carbonyl (C=O) groups is 1. The SMILES string of the molecule is C=C(C)[C@H]1CC=C(C)/C(=N/NC(=O)c2cccc(C)c2)C1. The van der Waals surface area contributed by atoms with E-state index in [2.05, 4.69) is 23.2 Å². The maximum atomic E-state index is 12.1. The molecule has 2 rings (SSSR count). The Bertz CT molecular complexity index is 626. The van der Waals surface area contributed by atoms with Crippen molar-refractivity contribution < 1.29 is 4.79 Å². The van der Waals surface area contributed by atoms with Crippen LogP contribution in [0.15, 0.2) is 53.2 Å². The summed E-state index contributed by atoms with van der Waals surface area (Å²) in [6.45, 7) is 10.1. The number of amides is 1. The second kappa shape index (κ2) is 6.53. The number of carbonyl (C=O) groups excluding carboxylic acids is 1. The van der Waals surface area contributed by atoms with Gasteiger partial charge in [-0.2, -0.15) is 5.10 Å². The number of aryl methyl sites for hydroxylation is 1. The molecular weight excluding hydrogens is 260 g/mol. The number of nitrogens with one attached hydrogen (secondary N) is 1. The molecule has 1 aromatic rings. The van der Waals surface area contributed by atoms with Gasteiger partial charge in [0.05, 0.1) is 5.71 Å². The van der Waals surface area contributed by atoms with Crippen molar-refractivity contribution in [3.63, 3.8) is 0 Å². The van der Waals surface area contributed by atoms with E-state index in [1.165, 1.54) is 0 Å². The zero-order chi connectivity index (χ0) is 15.4. The van der Waals surface area contributed by atoms with Gasteiger partial charge in [-0.15, -0.1) is 0 Å². The minimum absolute atomic E-state index is 0.170. The number of hydrazone groups is 1. The van der Waals surface area contributed by atoms with Crippen LogP contribution >= 0.6 is 0 Å². The fourth-order valence-electron chi connectivity index (χ4n) is 2.39. The van der Waals surface area contributed by atoms with Crippen LogP contribution < -0.4 is 5.43 Å². The van der Waals surface area contributed by atoms with Crippen LogP contribution in [-0.4, -0.2) is 11.6 Å². The summed E-state index contributed by atoms with van der Waals surface area (Å²) in [5, 5.41) is 4.31. The van der Waals surface area contributed by atoms with Gasteiger partial charge in [-0.3, -0.25) is 4.79 Å². The molecule has 0 spiro atoms. The van der Waals surface area contributed by atoms with Crippen molar-refractivity contribution in [1.29, 1.82) is 0 Å². The molecule has 0 saturated carbocycles. The molecule has 0 aliphatic heterocycles. The molecule has 0 heterocycles. The van der Waals surface area contributed by atoms with Crippen LogP contribution in [-0.2, 0) is 0 Å². The third-order valence-electron chi connectivity index (χ3n) is 3.87. The predicted molar refractivity (Wildman–Crippen MR) is 87.4 cm³/mol. The topological polar surface area (TPSA) is 41.5 Å². The molecule has 1 aliphatic carbocycles. The van der Waals surface area contributed by atoms with Crippen molar-refractivity contribution in [2.45, 2.75) is 33.6 Å². The van der Waals surface area contributed by atoms with Crippen molar-refractivity contribution in [2.24, 2.45) is 11.0 Å². The van der Waals surface area contributed by atoms with Gasteiger partial charge in [0.15, 0.2) is 0 Å². The van der Waals surface area contributed by atoms with Gasteiger partial charge in [0.1, 0.15) is 0 Å². The van der Waals surface area contributed by atoms with Crippen molar-refractivity contribution in [1.82, 2.24) is 5.43 Å². The summed E-state index contributed by atoms with van der Waals surface area (Å²) in [4.78, 5) is 12.1. The lowest BCUT2D eigenvalue weighted by Gasteiger charge is -2.22. The number of benzene rings is 1. The van der Waals surface area contributed by atoms with Crippen LogP contribution in [0.1, 0.15) is 42.6 Å². The van der Waals surface area contributed by atoms with Crippen molar-refractivity contribution in [2.75, 3.05) is 0 Å². The van der Waals surface area contributed by atoms with E-state index < -0.39 is 0 Å². The maximum absolute atomic E-state index is 12.1. The normalized spacial score (nSPS) is 20.0. The van der Waals surface area contributed by atoms with Gasteiger partial charge < -0.3 is 0 Å². The third kappa shape index (κ3) is 3.91. The summed E-state index contributed by atoms with van der Waals surface area (Å²) in [5.74, 6) is 0.250. The van der Waals surface area contributed by atoms with Crippen LogP contribution in [0.3, 0.4) is 0 Å². The fourth-order valence-corrected chi connectivity index (χ4v) is 2.39. The Kier molecular flexibility index (Phi) is 4.73. The molecule has 0 fully saturated rings. The molecule has 110 valence electrons. The Labute approximate surface area is 126 Å². The lowest BCUT2D eigenvalue weighted by molar-refractivity contribution is 0.0954. The van der Waals surface area contributed by atoms with Gasteiger partial charge in [-0.25, -0.2) is 5.43 Å². The summed E-state index contributed by atoms with van der Waals surface area (Å²) >= 11 is 0. The van der Waals surface area contributed by atoms with Gasteiger partial charge in [0, 0.05) is 5.56 Å². The molecule has 3 heteroatoms. The van der Waals surface area contributed by atoms with Gasteiger partial charge in [0.2, 0.25) is 0 Å². The monoisotopic (exact) mass is 282 g/mol. The molecule has 1 amide bonds. The van der Waals surface area contributed by atoms with Gasteiger partial charge in [0.25, 0.3) is 5.91 Å².